The van der Waals surface area contributed by atoms with Gasteiger partial charge in [-0.1, -0.05) is 67.6 Å². The molecule has 7 nitrogen and oxygen atoms in total. The summed E-state index contributed by atoms with van der Waals surface area (Å²) in [5.41, 5.74) is 6.37. The monoisotopic (exact) mass is 427 g/mol. The van der Waals surface area contributed by atoms with Crippen LogP contribution in [0.15, 0.2) is 71.8 Å². The number of amides is 2. The number of nitrogens with one attached hydrogen (secondary N) is 2. The quantitative estimate of drug-likeness (QED) is 0.654. The number of nitrogens with zero attached hydrogens (tertiary/aromatic N) is 3. The number of hydrogen-bond donors (Lipinski definition) is 2. The molecule has 2 N–H and O–H groups in total. The molecule has 1 saturated heterocycles. The lowest BCUT2D eigenvalue weighted by Crippen LogP contribution is -2.52. The summed E-state index contributed by atoms with van der Waals surface area (Å²) >= 11 is 0. The van der Waals surface area contributed by atoms with E-state index in [1.165, 1.54) is 15.8 Å². The Labute approximate surface area is 186 Å². The molecule has 0 radical (unpaired) electrons. The third-order valence-corrected chi connectivity index (χ3v) is 6.12. The van der Waals surface area contributed by atoms with E-state index in [1.807, 2.05) is 49.4 Å². The van der Waals surface area contributed by atoms with E-state index < -0.39 is 6.04 Å². The van der Waals surface area contributed by atoms with Gasteiger partial charge in [0.15, 0.2) is 0 Å². The molecular weight excluding hydrogens is 402 g/mol. The summed E-state index contributed by atoms with van der Waals surface area (Å²) in [6, 6.07) is 21.7. The summed E-state index contributed by atoms with van der Waals surface area (Å²) < 4.78 is 0. The van der Waals surface area contributed by atoms with Crippen LogP contribution in [0.2, 0.25) is 0 Å². The number of rotatable bonds is 5. The Hall–Kier alpha value is -3.71. The molecule has 2 heterocycles. The fourth-order valence-corrected chi connectivity index (χ4v) is 4.49. The number of aryl methyl sites for hydroxylation is 1. The van der Waals surface area contributed by atoms with Crippen LogP contribution < -0.4 is 10.7 Å². The molecule has 0 spiro atoms. The summed E-state index contributed by atoms with van der Waals surface area (Å²) in [5.74, 6) is -0.442. The van der Waals surface area contributed by atoms with Crippen molar-refractivity contribution in [3.63, 3.8) is 0 Å². The van der Waals surface area contributed by atoms with Gasteiger partial charge in [-0.15, -0.1) is 0 Å². The number of hydrazone groups is 1. The van der Waals surface area contributed by atoms with Crippen molar-refractivity contribution in [2.45, 2.75) is 31.8 Å². The predicted molar refractivity (Wildman–Crippen MR) is 125 cm³/mol. The topological polar surface area (TPSA) is 77.0 Å². The summed E-state index contributed by atoms with van der Waals surface area (Å²) in [4.78, 5) is 25.7. The van der Waals surface area contributed by atoms with Crippen molar-refractivity contribution in [3.8, 4) is 0 Å². The number of carbonyl (C=O) groups excluding carboxylic acids is 2. The summed E-state index contributed by atoms with van der Waals surface area (Å²) in [5, 5.41) is 12.5. The van der Waals surface area contributed by atoms with E-state index in [9.17, 15) is 9.59 Å². The molecule has 1 fully saturated rings. The maximum absolute atomic E-state index is 13.1. The second kappa shape index (κ2) is 8.43. The van der Waals surface area contributed by atoms with Crippen LogP contribution in [0, 0.1) is 0 Å². The number of hydrogen-bond acceptors (Lipinski definition) is 5. The zero-order chi connectivity index (χ0) is 22.1. The van der Waals surface area contributed by atoms with Crippen LogP contribution in [-0.4, -0.2) is 40.8 Å². The number of carbonyl (C=O) groups is 2. The molecule has 2 atom stereocenters. The van der Waals surface area contributed by atoms with Gasteiger partial charge in [-0.2, -0.15) is 5.10 Å². The van der Waals surface area contributed by atoms with Crippen LogP contribution in [0.1, 0.15) is 30.5 Å². The van der Waals surface area contributed by atoms with Crippen LogP contribution in [0.4, 0.5) is 5.69 Å². The number of fused-ring (bicyclic) bond motifs is 2. The largest absolute Gasteiger partial charge is 0.324 e. The van der Waals surface area contributed by atoms with E-state index in [0.29, 0.717) is 6.42 Å². The Bertz CT molecular complexity index is 1200. The minimum atomic E-state index is -0.396. The van der Waals surface area contributed by atoms with Gasteiger partial charge in [-0.3, -0.25) is 14.6 Å². The first-order chi connectivity index (χ1) is 15.6. The Morgan fingerprint density at radius 3 is 2.75 bits per heavy atom. The van der Waals surface area contributed by atoms with Crippen molar-refractivity contribution in [1.29, 1.82) is 0 Å². The normalized spacial score (nSPS) is 20.0. The molecule has 2 amide bonds. The van der Waals surface area contributed by atoms with Gasteiger partial charge in [0.05, 0.1) is 6.04 Å². The van der Waals surface area contributed by atoms with Crippen LogP contribution in [0.5, 0.6) is 0 Å². The molecule has 7 heteroatoms. The smallest absolute Gasteiger partial charge is 0.267 e. The second-order valence-electron chi connectivity index (χ2n) is 8.09. The number of anilines is 1. The lowest BCUT2D eigenvalue weighted by Gasteiger charge is -2.29. The van der Waals surface area contributed by atoms with Gasteiger partial charge in [0, 0.05) is 5.69 Å². The lowest BCUT2D eigenvalue weighted by molar-refractivity contribution is -0.139. The fraction of sp³-hybridized carbons (Fsp3) is 0.240. The van der Waals surface area contributed by atoms with Crippen molar-refractivity contribution in [3.05, 3.63) is 77.9 Å². The first-order valence-electron chi connectivity index (χ1n) is 10.9. The lowest BCUT2D eigenvalue weighted by atomic mass is 9.96. The Balaban J connectivity index is 1.29. The van der Waals surface area contributed by atoms with E-state index in [0.717, 1.165) is 23.2 Å². The van der Waals surface area contributed by atoms with Gasteiger partial charge in [-0.05, 0) is 40.8 Å². The Kier molecular flexibility index (Phi) is 5.33. The van der Waals surface area contributed by atoms with Crippen molar-refractivity contribution in [2.75, 3.05) is 11.9 Å². The molecule has 2 unspecified atom stereocenters. The first-order valence-corrected chi connectivity index (χ1v) is 10.9. The van der Waals surface area contributed by atoms with Crippen molar-refractivity contribution in [1.82, 2.24) is 15.4 Å². The van der Waals surface area contributed by atoms with Crippen molar-refractivity contribution in [2.24, 2.45) is 5.10 Å². The Morgan fingerprint density at radius 2 is 1.88 bits per heavy atom. The highest BCUT2D eigenvalue weighted by molar-refractivity contribution is 5.97. The maximum atomic E-state index is 13.1. The molecule has 0 aromatic heterocycles. The summed E-state index contributed by atoms with van der Waals surface area (Å²) in [7, 11) is 0. The number of para-hydroxylation sites is 1. The molecule has 5 rings (SSSR count). The van der Waals surface area contributed by atoms with Gasteiger partial charge >= 0.3 is 0 Å². The zero-order valence-corrected chi connectivity index (χ0v) is 17.9. The van der Waals surface area contributed by atoms with Crippen molar-refractivity contribution >= 4 is 34.6 Å². The van der Waals surface area contributed by atoms with Crippen LogP contribution >= 0.6 is 0 Å². The van der Waals surface area contributed by atoms with E-state index in [1.54, 1.807) is 11.3 Å². The molecule has 0 bridgehead atoms. The predicted octanol–water partition coefficient (Wildman–Crippen LogP) is 3.45. The molecule has 2 aliphatic rings. The van der Waals surface area contributed by atoms with E-state index in [4.69, 9.17) is 0 Å². The minimum absolute atomic E-state index is 0.00768. The molecule has 3 aromatic rings. The SMILES string of the molecule is CCc1ccccc1NC(=O)CN1N=CN2NC(c3cccc4ccccc34)CC2C1=O. The molecule has 32 heavy (non-hydrogen) atoms. The standard InChI is InChI=1S/C25H25N5O2/c1-2-17-8-4-6-13-21(17)27-24(31)15-29-25(32)23-14-22(28-30(23)16-26-29)20-12-7-10-18-9-3-5-11-19(18)20/h3-13,16,22-23,28H,2,14-15H2,1H3,(H,27,31). The van der Waals surface area contributed by atoms with E-state index in [2.05, 4.69) is 40.1 Å². The van der Waals surface area contributed by atoms with Crippen LogP contribution in [-0.2, 0) is 16.0 Å². The maximum Gasteiger partial charge on any atom is 0.267 e. The van der Waals surface area contributed by atoms with Gasteiger partial charge < -0.3 is 5.32 Å². The van der Waals surface area contributed by atoms with Gasteiger partial charge in [0.25, 0.3) is 5.91 Å². The van der Waals surface area contributed by atoms with Gasteiger partial charge in [-0.25, -0.2) is 10.4 Å². The highest BCUT2D eigenvalue weighted by atomic mass is 16.2. The molecule has 0 aliphatic carbocycles. The zero-order valence-electron chi connectivity index (χ0n) is 17.9. The molecule has 2 aliphatic heterocycles. The third-order valence-electron chi connectivity index (χ3n) is 6.12. The van der Waals surface area contributed by atoms with Crippen molar-refractivity contribution < 1.29 is 9.59 Å². The number of benzene rings is 3. The Morgan fingerprint density at radius 1 is 1.09 bits per heavy atom. The van der Waals surface area contributed by atoms with E-state index in [-0.39, 0.29) is 24.4 Å². The third kappa shape index (κ3) is 3.71. The average Bonchev–Trinajstić information content (AvgIpc) is 3.26. The van der Waals surface area contributed by atoms with Gasteiger partial charge in [0.1, 0.15) is 18.9 Å². The van der Waals surface area contributed by atoms with Crippen LogP contribution in [0.25, 0.3) is 10.8 Å². The number of hydrazine groups is 1. The fourth-order valence-electron chi connectivity index (χ4n) is 4.49. The highest BCUT2D eigenvalue weighted by Gasteiger charge is 2.41. The van der Waals surface area contributed by atoms with Crippen LogP contribution in [0.3, 0.4) is 0 Å². The molecular formula is C25H25N5O2. The molecule has 0 saturated carbocycles. The minimum Gasteiger partial charge on any atom is -0.324 e. The second-order valence-corrected chi connectivity index (χ2v) is 8.09. The van der Waals surface area contributed by atoms with E-state index >= 15 is 0 Å². The highest BCUT2D eigenvalue weighted by Crippen LogP contribution is 2.33. The van der Waals surface area contributed by atoms with Gasteiger partial charge in [0.2, 0.25) is 5.91 Å². The summed E-state index contributed by atoms with van der Waals surface area (Å²) in [6.45, 7) is 1.92. The summed E-state index contributed by atoms with van der Waals surface area (Å²) in [6.07, 6.45) is 3.02. The average molecular weight is 428 g/mol. The molecule has 3 aromatic carbocycles. The first kappa shape index (κ1) is 20.2. The molecule has 162 valence electrons.